The molecule has 0 spiro atoms. The fraction of sp³-hybridized carbons (Fsp3) is 1.00. The van der Waals surface area contributed by atoms with Gasteiger partial charge in [-0.1, -0.05) is 0 Å². The second-order valence-electron chi connectivity index (χ2n) is 7.44. The lowest BCUT2D eigenvalue weighted by atomic mass is 9.81. The molecule has 4 heteroatoms. The van der Waals surface area contributed by atoms with Gasteiger partial charge in [0.2, 0.25) is 0 Å². The van der Waals surface area contributed by atoms with Crippen LogP contribution in [0.1, 0.15) is 32.6 Å². The highest BCUT2D eigenvalue weighted by Crippen LogP contribution is 2.33. The molecule has 2 N–H and O–H groups in total. The van der Waals surface area contributed by atoms with Crippen LogP contribution in [0.4, 0.5) is 0 Å². The van der Waals surface area contributed by atoms with Gasteiger partial charge in [0.05, 0.1) is 0 Å². The Morgan fingerprint density at radius 3 is 2.35 bits per heavy atom. The molecule has 0 amide bonds. The third-order valence-electron chi connectivity index (χ3n) is 5.99. The van der Waals surface area contributed by atoms with Crippen LogP contribution in [0.2, 0.25) is 0 Å². The fourth-order valence-corrected chi connectivity index (χ4v) is 4.08. The molecule has 4 nitrogen and oxygen atoms in total. The summed E-state index contributed by atoms with van der Waals surface area (Å²) < 4.78 is 0. The van der Waals surface area contributed by atoms with Gasteiger partial charge in [0.25, 0.3) is 0 Å². The maximum Gasteiger partial charge on any atom is 0.0359 e. The first kappa shape index (κ1) is 14.8. The second kappa shape index (κ2) is 5.91. The summed E-state index contributed by atoms with van der Waals surface area (Å²) in [5.41, 5.74) is 6.50. The maximum atomic E-state index is 6.23. The van der Waals surface area contributed by atoms with Gasteiger partial charge in [-0.05, 0) is 52.1 Å². The van der Waals surface area contributed by atoms with Gasteiger partial charge < -0.3 is 15.5 Å². The highest BCUT2D eigenvalue weighted by molar-refractivity contribution is 5.00. The number of piperazine rings is 1. The van der Waals surface area contributed by atoms with Gasteiger partial charge >= 0.3 is 0 Å². The van der Waals surface area contributed by atoms with Crippen LogP contribution >= 0.6 is 0 Å². The highest BCUT2D eigenvalue weighted by Gasteiger charge is 2.42. The lowest BCUT2D eigenvalue weighted by Crippen LogP contribution is -2.64. The topological polar surface area (TPSA) is 35.7 Å². The van der Waals surface area contributed by atoms with E-state index in [1.54, 1.807) is 0 Å². The van der Waals surface area contributed by atoms with Crippen molar-refractivity contribution in [2.24, 2.45) is 11.7 Å². The lowest BCUT2D eigenvalue weighted by molar-refractivity contribution is -0.0180. The van der Waals surface area contributed by atoms with Gasteiger partial charge in [-0.3, -0.25) is 4.90 Å². The number of nitrogens with zero attached hydrogens (tertiary/aromatic N) is 3. The van der Waals surface area contributed by atoms with Crippen LogP contribution < -0.4 is 5.73 Å². The van der Waals surface area contributed by atoms with Gasteiger partial charge in [0.1, 0.15) is 0 Å². The fourth-order valence-electron chi connectivity index (χ4n) is 4.08. The average Bonchev–Trinajstić information content (AvgIpc) is 3.27. The van der Waals surface area contributed by atoms with E-state index >= 15 is 0 Å². The minimum absolute atomic E-state index is 0.275. The minimum atomic E-state index is 0.275. The molecule has 1 saturated carbocycles. The maximum absolute atomic E-state index is 6.23. The van der Waals surface area contributed by atoms with Crippen LogP contribution in [0.5, 0.6) is 0 Å². The number of hydrogen-bond donors (Lipinski definition) is 1. The molecule has 2 saturated heterocycles. The predicted octanol–water partition coefficient (Wildman–Crippen LogP) is 0.826. The second-order valence-corrected chi connectivity index (χ2v) is 7.44. The zero-order valence-electron chi connectivity index (χ0n) is 13.4. The van der Waals surface area contributed by atoms with E-state index in [1.807, 2.05) is 0 Å². The molecule has 1 aliphatic carbocycles. The summed E-state index contributed by atoms with van der Waals surface area (Å²) in [7, 11) is 2.25. The molecule has 116 valence electrons. The monoisotopic (exact) mass is 280 g/mol. The van der Waals surface area contributed by atoms with E-state index in [0.717, 1.165) is 12.5 Å². The molecule has 3 rings (SSSR count). The molecule has 0 bridgehead atoms. The first-order valence-corrected chi connectivity index (χ1v) is 8.51. The quantitative estimate of drug-likeness (QED) is 0.827. The number of nitrogens with two attached hydrogens (primary N) is 1. The van der Waals surface area contributed by atoms with Gasteiger partial charge in [-0.25, -0.2) is 0 Å². The molecule has 2 aliphatic heterocycles. The zero-order valence-corrected chi connectivity index (χ0v) is 13.4. The standard InChI is InChI=1S/C16H32N4/c1-14-11-16(13-17,5-6-18(14)2)20-9-7-19(8-10-20)12-15-3-4-15/h14-15H,3-13,17H2,1-2H3. The summed E-state index contributed by atoms with van der Waals surface area (Å²) in [5, 5.41) is 0. The van der Waals surface area contributed by atoms with Gasteiger partial charge in [-0.2, -0.15) is 0 Å². The van der Waals surface area contributed by atoms with E-state index in [1.165, 1.54) is 65.0 Å². The molecule has 3 aliphatic rings. The Morgan fingerprint density at radius 2 is 1.80 bits per heavy atom. The smallest absolute Gasteiger partial charge is 0.0359 e. The summed E-state index contributed by atoms with van der Waals surface area (Å²) in [6, 6.07) is 0.664. The molecular weight excluding hydrogens is 248 g/mol. The van der Waals surface area contributed by atoms with Crippen molar-refractivity contribution < 1.29 is 0 Å². The Hall–Kier alpha value is -0.160. The van der Waals surface area contributed by atoms with Crippen molar-refractivity contribution in [3.05, 3.63) is 0 Å². The van der Waals surface area contributed by atoms with Crippen LogP contribution in [0.25, 0.3) is 0 Å². The molecule has 0 aromatic carbocycles. The van der Waals surface area contributed by atoms with Crippen molar-refractivity contribution in [1.29, 1.82) is 0 Å². The first-order chi connectivity index (χ1) is 9.63. The molecule has 2 atom stereocenters. The molecule has 0 radical (unpaired) electrons. The van der Waals surface area contributed by atoms with Crippen molar-refractivity contribution in [2.75, 3.05) is 52.9 Å². The summed E-state index contributed by atoms with van der Waals surface area (Å²) in [6.45, 7) is 10.7. The predicted molar refractivity (Wildman–Crippen MR) is 83.8 cm³/mol. The van der Waals surface area contributed by atoms with E-state index in [9.17, 15) is 0 Å². The zero-order chi connectivity index (χ0) is 14.2. The number of piperidine rings is 1. The van der Waals surface area contributed by atoms with Crippen LogP contribution in [0, 0.1) is 5.92 Å². The number of rotatable bonds is 4. The van der Waals surface area contributed by atoms with E-state index in [-0.39, 0.29) is 5.54 Å². The molecule has 2 unspecified atom stereocenters. The summed E-state index contributed by atoms with van der Waals surface area (Å²) in [4.78, 5) is 7.88. The van der Waals surface area contributed by atoms with Crippen LogP contribution in [0.15, 0.2) is 0 Å². The number of hydrogen-bond acceptors (Lipinski definition) is 4. The molecule has 0 aromatic rings. The molecule has 20 heavy (non-hydrogen) atoms. The Bertz CT molecular complexity index is 322. The third kappa shape index (κ3) is 3.03. The lowest BCUT2D eigenvalue weighted by Gasteiger charge is -2.52. The van der Waals surface area contributed by atoms with Crippen molar-refractivity contribution in [3.8, 4) is 0 Å². The summed E-state index contributed by atoms with van der Waals surface area (Å²) >= 11 is 0. The van der Waals surface area contributed by atoms with E-state index < -0.39 is 0 Å². The normalized spacial score (nSPS) is 38.2. The molecular formula is C16H32N4. The Labute approximate surface area is 124 Å². The summed E-state index contributed by atoms with van der Waals surface area (Å²) in [5.74, 6) is 1.02. The van der Waals surface area contributed by atoms with E-state index in [0.29, 0.717) is 6.04 Å². The van der Waals surface area contributed by atoms with Crippen molar-refractivity contribution >= 4 is 0 Å². The highest BCUT2D eigenvalue weighted by atomic mass is 15.3. The van der Waals surface area contributed by atoms with Crippen LogP contribution in [-0.4, -0.2) is 79.1 Å². The first-order valence-electron chi connectivity index (χ1n) is 8.51. The molecule has 0 aromatic heterocycles. The van der Waals surface area contributed by atoms with Crippen molar-refractivity contribution in [2.45, 2.75) is 44.2 Å². The van der Waals surface area contributed by atoms with Crippen molar-refractivity contribution in [3.63, 3.8) is 0 Å². The van der Waals surface area contributed by atoms with Gasteiger partial charge in [0.15, 0.2) is 0 Å². The van der Waals surface area contributed by atoms with E-state index in [4.69, 9.17) is 5.73 Å². The minimum Gasteiger partial charge on any atom is -0.329 e. The molecule has 3 fully saturated rings. The number of likely N-dealkylation sites (tertiary alicyclic amines) is 1. The van der Waals surface area contributed by atoms with Gasteiger partial charge in [0, 0.05) is 50.8 Å². The SMILES string of the molecule is CC1CC(CN)(N2CCN(CC3CC3)CC2)CCN1C. The third-order valence-corrected chi connectivity index (χ3v) is 5.99. The van der Waals surface area contributed by atoms with E-state index in [2.05, 4.69) is 28.7 Å². The van der Waals surface area contributed by atoms with Crippen LogP contribution in [-0.2, 0) is 0 Å². The Kier molecular flexibility index (Phi) is 4.37. The average molecular weight is 280 g/mol. The molecule has 2 heterocycles. The van der Waals surface area contributed by atoms with Crippen molar-refractivity contribution in [1.82, 2.24) is 14.7 Å². The Morgan fingerprint density at radius 1 is 1.10 bits per heavy atom. The summed E-state index contributed by atoms with van der Waals surface area (Å²) in [6.07, 6.45) is 5.42. The van der Waals surface area contributed by atoms with Gasteiger partial charge in [-0.15, -0.1) is 0 Å². The largest absolute Gasteiger partial charge is 0.329 e. The Balaban J connectivity index is 1.56. The van der Waals surface area contributed by atoms with Crippen LogP contribution in [0.3, 0.4) is 0 Å².